The number of ether oxygens (including phenoxy) is 1. The van der Waals surface area contributed by atoms with Crippen molar-refractivity contribution in [2.24, 2.45) is 11.3 Å². The van der Waals surface area contributed by atoms with Crippen molar-refractivity contribution < 1.29 is 4.74 Å². The number of unbranched alkanes of at least 4 members (excludes halogenated alkanes) is 2. The van der Waals surface area contributed by atoms with E-state index in [1.54, 1.807) is 28.2 Å². The van der Waals surface area contributed by atoms with E-state index in [4.69, 9.17) is 19.8 Å². The highest BCUT2D eigenvalue weighted by Gasteiger charge is 2.67. The predicted octanol–water partition coefficient (Wildman–Crippen LogP) is 11.3. The van der Waals surface area contributed by atoms with E-state index in [9.17, 15) is 0 Å². The van der Waals surface area contributed by atoms with E-state index < -0.39 is 0 Å². The minimum atomic E-state index is 0.448. The lowest BCUT2D eigenvalue weighted by Gasteiger charge is -2.72. The molecule has 0 radical (unpaired) electrons. The first kappa shape index (κ1) is 34.5. The maximum atomic E-state index is 6.35. The Morgan fingerprint density at radius 2 is 1.82 bits per heavy atom. The third-order valence-electron chi connectivity index (χ3n) is 11.8. The van der Waals surface area contributed by atoms with E-state index >= 15 is 0 Å². The van der Waals surface area contributed by atoms with Gasteiger partial charge in [0.15, 0.2) is 21.9 Å². The molecule has 9 heteroatoms. The van der Waals surface area contributed by atoms with Crippen molar-refractivity contribution >= 4 is 54.8 Å². The monoisotopic (exact) mass is 720 g/mol. The van der Waals surface area contributed by atoms with Crippen molar-refractivity contribution in [1.82, 2.24) is 20.2 Å². The molecular weight excluding hydrogens is 669 g/mol. The Kier molecular flexibility index (Phi) is 9.55. The van der Waals surface area contributed by atoms with E-state index in [-0.39, 0.29) is 0 Å². The van der Waals surface area contributed by atoms with Gasteiger partial charge in [0.25, 0.3) is 0 Å². The van der Waals surface area contributed by atoms with Gasteiger partial charge in [0.05, 0.1) is 22.5 Å². The van der Waals surface area contributed by atoms with Gasteiger partial charge in [-0.3, -0.25) is 0 Å². The maximum Gasteiger partial charge on any atom is 0.191 e. The Bertz CT molecular complexity index is 1980. The number of anilines is 4. The first-order valence-corrected chi connectivity index (χ1v) is 20.8. The molecule has 1 unspecified atom stereocenters. The zero-order chi connectivity index (χ0) is 35.2. The fourth-order valence-electron chi connectivity index (χ4n) is 9.33. The summed E-state index contributed by atoms with van der Waals surface area (Å²) in [5, 5.41) is 14.7. The molecule has 2 aromatic carbocycles. The molecule has 4 heterocycles. The van der Waals surface area contributed by atoms with Crippen LogP contribution in [0.25, 0.3) is 10.2 Å². The van der Waals surface area contributed by atoms with Crippen molar-refractivity contribution in [3.05, 3.63) is 75.3 Å². The van der Waals surface area contributed by atoms with Gasteiger partial charge in [-0.15, -0.1) is 21.5 Å². The number of thiazole rings is 2. The SMILES string of the molecule is CCCCCC(C)CC12CC(c3ccc(OCCCc4sc(N5CCCc6c5nnc(Nc5nc7ccccc7s5)c6C)nc4C)c(C)c3)(C1)C2. The van der Waals surface area contributed by atoms with Gasteiger partial charge in [0, 0.05) is 22.5 Å². The summed E-state index contributed by atoms with van der Waals surface area (Å²) >= 11 is 3.43. The number of nitrogens with zero attached hydrogens (tertiary/aromatic N) is 5. The molecule has 3 aliphatic carbocycles. The second kappa shape index (κ2) is 14.1. The fourth-order valence-corrected chi connectivity index (χ4v) is 11.3. The summed E-state index contributed by atoms with van der Waals surface area (Å²) in [6.45, 7) is 12.9. The molecule has 268 valence electrons. The Morgan fingerprint density at radius 1 is 0.980 bits per heavy atom. The molecule has 3 aromatic heterocycles. The Labute approximate surface area is 311 Å². The Hall–Kier alpha value is -3.56. The smallest absolute Gasteiger partial charge is 0.191 e. The summed E-state index contributed by atoms with van der Waals surface area (Å²) in [5.41, 5.74) is 8.38. The summed E-state index contributed by atoms with van der Waals surface area (Å²) in [7, 11) is 0. The van der Waals surface area contributed by atoms with Crippen LogP contribution in [-0.4, -0.2) is 33.3 Å². The van der Waals surface area contributed by atoms with Crippen molar-refractivity contribution in [3.63, 3.8) is 0 Å². The molecule has 0 spiro atoms. The van der Waals surface area contributed by atoms with Crippen LogP contribution in [0, 0.1) is 32.1 Å². The highest BCUT2D eigenvalue weighted by atomic mass is 32.1. The van der Waals surface area contributed by atoms with E-state index in [0.29, 0.717) is 17.4 Å². The summed E-state index contributed by atoms with van der Waals surface area (Å²) < 4.78 is 7.51. The van der Waals surface area contributed by atoms with Gasteiger partial charge in [0.2, 0.25) is 0 Å². The van der Waals surface area contributed by atoms with Crippen LogP contribution in [-0.2, 0) is 18.3 Å². The van der Waals surface area contributed by atoms with E-state index in [2.05, 4.69) is 74.2 Å². The van der Waals surface area contributed by atoms with Crippen LogP contribution in [0.2, 0.25) is 0 Å². The van der Waals surface area contributed by atoms with Crippen molar-refractivity contribution in [3.8, 4) is 5.75 Å². The molecule has 9 rings (SSSR count). The predicted molar refractivity (Wildman–Crippen MR) is 213 cm³/mol. The van der Waals surface area contributed by atoms with Crippen LogP contribution in [0.1, 0.15) is 111 Å². The molecule has 1 atom stereocenters. The number of para-hydroxylation sites is 1. The lowest BCUT2D eigenvalue weighted by atomic mass is 9.32. The molecule has 4 aliphatic rings. The summed E-state index contributed by atoms with van der Waals surface area (Å²) in [4.78, 5) is 13.4. The molecule has 2 bridgehead atoms. The minimum absolute atomic E-state index is 0.448. The summed E-state index contributed by atoms with van der Waals surface area (Å²) in [6, 6.07) is 15.2. The number of hydrogen-bond donors (Lipinski definition) is 1. The van der Waals surface area contributed by atoms with Crippen LogP contribution in [0.5, 0.6) is 5.75 Å². The number of aryl methyl sites for hydroxylation is 3. The largest absolute Gasteiger partial charge is 0.493 e. The number of aromatic nitrogens is 4. The zero-order valence-electron chi connectivity index (χ0n) is 31.0. The fraction of sp³-hybridized carbons (Fsp3) is 0.524. The molecule has 1 N–H and O–H groups in total. The summed E-state index contributed by atoms with van der Waals surface area (Å²) in [5.74, 6) is 3.62. The highest BCUT2D eigenvalue weighted by molar-refractivity contribution is 7.22. The van der Waals surface area contributed by atoms with Gasteiger partial charge in [-0.2, -0.15) is 0 Å². The standard InChI is InChI=1S/C42H52N6OS2/c1-6-7-8-13-27(2)23-41-24-42(25-41,26-41)31-18-19-34(28(3)22-31)49-21-12-17-35-30(5)43-40(51-35)48-20-11-14-32-29(4)37(46-47-38(32)48)45-39-44-33-15-9-10-16-36(33)50-39/h9-10,15-16,18-19,22,27H,6-8,11-14,17,20-21,23-26H2,1-5H3,(H,44,45,46). The third-order valence-corrected chi connectivity index (χ3v) is 14.0. The Balaban J connectivity index is 0.847. The minimum Gasteiger partial charge on any atom is -0.493 e. The normalized spacial score (nSPS) is 21.2. The number of nitrogens with one attached hydrogen (secondary N) is 1. The topological polar surface area (TPSA) is 76.1 Å². The van der Waals surface area contributed by atoms with Crippen LogP contribution in [0.3, 0.4) is 0 Å². The molecule has 1 aliphatic heterocycles. The van der Waals surface area contributed by atoms with Gasteiger partial charge >= 0.3 is 0 Å². The van der Waals surface area contributed by atoms with Crippen molar-refractivity contribution in [2.75, 3.05) is 23.4 Å². The van der Waals surface area contributed by atoms with Gasteiger partial charge in [-0.25, -0.2) is 9.97 Å². The van der Waals surface area contributed by atoms with Crippen LogP contribution in [0.4, 0.5) is 21.9 Å². The van der Waals surface area contributed by atoms with E-state index in [1.807, 2.05) is 18.2 Å². The van der Waals surface area contributed by atoms with Crippen LogP contribution >= 0.6 is 22.7 Å². The van der Waals surface area contributed by atoms with Gasteiger partial charge in [-0.05, 0) is 118 Å². The van der Waals surface area contributed by atoms with E-state index in [0.717, 1.165) is 87.3 Å². The molecule has 3 fully saturated rings. The molecule has 3 saturated carbocycles. The second-order valence-corrected chi connectivity index (χ2v) is 18.0. The van der Waals surface area contributed by atoms with Gasteiger partial charge < -0.3 is 15.0 Å². The van der Waals surface area contributed by atoms with E-state index in [1.165, 1.54) is 67.4 Å². The molecule has 0 amide bonds. The van der Waals surface area contributed by atoms with Crippen molar-refractivity contribution in [1.29, 1.82) is 0 Å². The Morgan fingerprint density at radius 3 is 2.63 bits per heavy atom. The molecule has 0 saturated heterocycles. The summed E-state index contributed by atoms with van der Waals surface area (Å²) in [6.07, 6.45) is 15.1. The lowest BCUT2D eigenvalue weighted by molar-refractivity contribution is -0.154. The van der Waals surface area contributed by atoms with Crippen LogP contribution in [0.15, 0.2) is 42.5 Å². The first-order chi connectivity index (χ1) is 24.7. The first-order valence-electron chi connectivity index (χ1n) is 19.2. The molecular formula is C42H52N6OS2. The highest BCUT2D eigenvalue weighted by Crippen LogP contribution is 2.75. The number of fused-ring (bicyclic) bond motifs is 2. The van der Waals surface area contributed by atoms with Crippen molar-refractivity contribution in [2.45, 2.75) is 117 Å². The zero-order valence-corrected chi connectivity index (χ0v) is 32.6. The molecule has 5 aromatic rings. The lowest BCUT2D eigenvalue weighted by Crippen LogP contribution is -2.64. The number of benzene rings is 2. The second-order valence-electron chi connectivity index (χ2n) is 15.9. The quantitative estimate of drug-likeness (QED) is 0.108. The maximum absolute atomic E-state index is 6.35. The van der Waals surface area contributed by atoms with Gasteiger partial charge in [0.1, 0.15) is 5.75 Å². The molecule has 51 heavy (non-hydrogen) atoms. The number of hydrogen-bond acceptors (Lipinski definition) is 9. The van der Waals surface area contributed by atoms with Gasteiger partial charge in [-0.1, -0.05) is 75.1 Å². The average molecular weight is 721 g/mol. The third kappa shape index (κ3) is 6.76. The number of rotatable bonds is 15. The molecule has 7 nitrogen and oxygen atoms in total. The average Bonchev–Trinajstić information content (AvgIpc) is 3.68. The van der Waals surface area contributed by atoms with Crippen LogP contribution < -0.4 is 15.0 Å².